The minimum atomic E-state index is -1.21. The molecule has 2 atom stereocenters. The van der Waals surface area contributed by atoms with Crippen LogP contribution >= 0.6 is 0 Å². The topological polar surface area (TPSA) is 105 Å². The summed E-state index contributed by atoms with van der Waals surface area (Å²) in [6.07, 6.45) is 3.58. The molecule has 0 aromatic heterocycles. The van der Waals surface area contributed by atoms with E-state index in [1.54, 1.807) is 32.0 Å². The summed E-state index contributed by atoms with van der Waals surface area (Å²) in [6, 6.07) is 12.4. The molecule has 1 aliphatic rings. The largest absolute Gasteiger partial charge is 0.478 e. The molecule has 0 bridgehead atoms. The first kappa shape index (κ1) is 27.2. The van der Waals surface area contributed by atoms with Gasteiger partial charge in [-0.3, -0.25) is 0 Å². The lowest BCUT2D eigenvalue weighted by Crippen LogP contribution is -2.47. The Hall–Kier alpha value is -3.39. The normalized spacial score (nSPS) is 19.2. The van der Waals surface area contributed by atoms with Crippen LogP contribution in [-0.4, -0.2) is 54.2 Å². The van der Waals surface area contributed by atoms with E-state index in [9.17, 15) is 19.5 Å². The summed E-state index contributed by atoms with van der Waals surface area (Å²) in [6.45, 7) is 7.72. The summed E-state index contributed by atoms with van der Waals surface area (Å²) in [5.41, 5.74) is 0.985. The number of hydrogen-bond acceptors (Lipinski definition) is 6. The molecule has 3 rings (SSSR count). The third kappa shape index (κ3) is 6.63. The number of ether oxygens (including phenoxy) is 2. The van der Waals surface area contributed by atoms with Gasteiger partial charge in [0.1, 0.15) is 23.1 Å². The van der Waals surface area contributed by atoms with Crippen molar-refractivity contribution >= 4 is 18.0 Å². The quantitative estimate of drug-likeness (QED) is 0.397. The van der Waals surface area contributed by atoms with Gasteiger partial charge in [0.15, 0.2) is 0 Å². The molecule has 0 spiro atoms. The van der Waals surface area contributed by atoms with Crippen LogP contribution in [0.5, 0.6) is 11.5 Å². The van der Waals surface area contributed by atoms with Gasteiger partial charge in [0.05, 0.1) is 0 Å². The second-order valence-electron chi connectivity index (χ2n) is 9.83. The third-order valence-electron chi connectivity index (χ3n) is 6.87. The van der Waals surface area contributed by atoms with Crippen molar-refractivity contribution in [3.8, 4) is 11.5 Å². The number of esters is 1. The number of amides is 1. The molecule has 2 aromatic rings. The van der Waals surface area contributed by atoms with Crippen LogP contribution in [0.3, 0.4) is 0 Å². The Labute approximate surface area is 212 Å². The fourth-order valence-electron chi connectivity index (χ4n) is 4.80. The lowest BCUT2D eigenvalue weighted by atomic mass is 9.74. The van der Waals surface area contributed by atoms with E-state index in [4.69, 9.17) is 9.47 Å². The van der Waals surface area contributed by atoms with Crippen molar-refractivity contribution in [2.45, 2.75) is 57.9 Å². The first-order chi connectivity index (χ1) is 17.1. The number of para-hydroxylation sites is 1. The van der Waals surface area contributed by atoms with E-state index < -0.39 is 24.1 Å². The monoisotopic (exact) mass is 496 g/mol. The molecule has 1 amide bonds. The fourth-order valence-corrected chi connectivity index (χ4v) is 4.80. The molecule has 2 N–H and O–H groups in total. The van der Waals surface area contributed by atoms with Gasteiger partial charge in [0.2, 0.25) is 0 Å². The summed E-state index contributed by atoms with van der Waals surface area (Å²) in [5, 5.41) is 11.9. The Bertz CT molecular complexity index is 1090. The number of likely N-dealkylation sites (tertiary alicyclic amines) is 1. The molecule has 0 radical (unpaired) electrons. The van der Waals surface area contributed by atoms with E-state index in [-0.39, 0.29) is 22.6 Å². The van der Waals surface area contributed by atoms with Gasteiger partial charge in [-0.2, -0.15) is 0 Å². The third-order valence-corrected chi connectivity index (χ3v) is 6.87. The lowest BCUT2D eigenvalue weighted by Gasteiger charge is -2.35. The molecular formula is C28H36N2O6. The average Bonchev–Trinajstić information content (AvgIpc) is 3.04. The number of carboxylic acid groups (broad SMARTS) is 1. The second kappa shape index (κ2) is 12.0. The van der Waals surface area contributed by atoms with Gasteiger partial charge >= 0.3 is 18.0 Å². The predicted octanol–water partition coefficient (Wildman–Crippen LogP) is 4.87. The summed E-state index contributed by atoms with van der Waals surface area (Å²) in [7, 11) is 2.14. The number of carboxylic acids is 1. The average molecular weight is 497 g/mol. The molecule has 1 heterocycles. The zero-order valence-corrected chi connectivity index (χ0v) is 21.5. The van der Waals surface area contributed by atoms with Crippen LogP contribution in [0.1, 0.15) is 62.4 Å². The van der Waals surface area contributed by atoms with Crippen LogP contribution in [0.2, 0.25) is 0 Å². The van der Waals surface area contributed by atoms with Crippen molar-refractivity contribution in [2.24, 2.45) is 5.92 Å². The van der Waals surface area contributed by atoms with Crippen LogP contribution in [0.4, 0.5) is 4.79 Å². The molecule has 194 valence electrons. The molecule has 1 unspecified atom stereocenters. The van der Waals surface area contributed by atoms with E-state index in [0.29, 0.717) is 5.75 Å². The summed E-state index contributed by atoms with van der Waals surface area (Å²) >= 11 is 0. The van der Waals surface area contributed by atoms with Gasteiger partial charge in [-0.25, -0.2) is 14.4 Å². The second-order valence-corrected chi connectivity index (χ2v) is 9.83. The Morgan fingerprint density at radius 3 is 2.53 bits per heavy atom. The van der Waals surface area contributed by atoms with Crippen LogP contribution in [0, 0.1) is 5.92 Å². The van der Waals surface area contributed by atoms with E-state index >= 15 is 0 Å². The molecule has 8 heteroatoms. The Kier molecular flexibility index (Phi) is 9.09. The zero-order chi connectivity index (χ0) is 26.3. The van der Waals surface area contributed by atoms with Gasteiger partial charge in [-0.05, 0) is 68.6 Å². The molecule has 2 aromatic carbocycles. The highest BCUT2D eigenvalue weighted by Crippen LogP contribution is 2.37. The van der Waals surface area contributed by atoms with Crippen LogP contribution in [-0.2, 0) is 10.2 Å². The summed E-state index contributed by atoms with van der Waals surface area (Å²) in [4.78, 5) is 39.4. The molecule has 1 aliphatic heterocycles. The number of nitrogens with zero attached hydrogens (tertiary/aromatic N) is 1. The Balaban J connectivity index is 1.72. The number of benzene rings is 2. The minimum absolute atomic E-state index is 0.0110. The standard InChI is InChI=1S/C28H36N2O6/c1-5-28(15-8-9-16-30(4)18-28)20-11-10-12-21(17-20)35-27(34)29-24(19(2)3)26(33)36-23-14-7-6-13-22(23)25(31)32/h6-7,10-14,17,19,24H,5,8-9,15-16,18H2,1-4H3,(H,29,34)(H,31,32)/t24-,28?/m0/s1. The number of hydrogen-bond donors (Lipinski definition) is 2. The highest BCUT2D eigenvalue weighted by Gasteiger charge is 2.34. The SMILES string of the molecule is CCC1(c2cccc(OC(=O)N[C@H](C(=O)Oc3ccccc3C(=O)O)C(C)C)c2)CCCCN(C)C1. The van der Waals surface area contributed by atoms with Gasteiger partial charge in [0.25, 0.3) is 0 Å². The number of likely N-dealkylation sites (N-methyl/N-ethyl adjacent to an activating group) is 1. The molecule has 1 saturated heterocycles. The highest BCUT2D eigenvalue weighted by molar-refractivity contribution is 5.92. The molecule has 0 saturated carbocycles. The van der Waals surface area contributed by atoms with Gasteiger partial charge in [-0.1, -0.05) is 51.5 Å². The molecule has 0 aliphatic carbocycles. The lowest BCUT2D eigenvalue weighted by molar-refractivity contribution is -0.137. The van der Waals surface area contributed by atoms with Crippen molar-refractivity contribution in [1.29, 1.82) is 0 Å². The van der Waals surface area contributed by atoms with Gasteiger partial charge in [-0.15, -0.1) is 0 Å². The van der Waals surface area contributed by atoms with Gasteiger partial charge in [0, 0.05) is 12.0 Å². The number of rotatable bonds is 8. The molecular weight excluding hydrogens is 460 g/mol. The van der Waals surface area contributed by atoms with E-state index in [1.165, 1.54) is 18.6 Å². The van der Waals surface area contributed by atoms with E-state index in [1.807, 2.05) is 12.1 Å². The van der Waals surface area contributed by atoms with E-state index in [0.717, 1.165) is 37.9 Å². The zero-order valence-electron chi connectivity index (χ0n) is 21.5. The molecule has 1 fully saturated rings. The van der Waals surface area contributed by atoms with Gasteiger partial charge < -0.3 is 24.8 Å². The first-order valence-electron chi connectivity index (χ1n) is 12.5. The minimum Gasteiger partial charge on any atom is -0.478 e. The van der Waals surface area contributed by atoms with Crippen LogP contribution in [0.15, 0.2) is 48.5 Å². The van der Waals surface area contributed by atoms with Crippen molar-refractivity contribution in [1.82, 2.24) is 10.2 Å². The van der Waals surface area contributed by atoms with Crippen LogP contribution in [0.25, 0.3) is 0 Å². The molecule has 36 heavy (non-hydrogen) atoms. The maximum atomic E-state index is 12.8. The molecule has 8 nitrogen and oxygen atoms in total. The number of carbonyl (C=O) groups is 3. The smallest absolute Gasteiger partial charge is 0.413 e. The van der Waals surface area contributed by atoms with Crippen molar-refractivity contribution < 1.29 is 29.0 Å². The summed E-state index contributed by atoms with van der Waals surface area (Å²) < 4.78 is 10.9. The maximum absolute atomic E-state index is 12.8. The summed E-state index contributed by atoms with van der Waals surface area (Å²) in [5.74, 6) is -1.98. The Morgan fingerprint density at radius 2 is 1.83 bits per heavy atom. The van der Waals surface area contributed by atoms with Crippen molar-refractivity contribution in [2.75, 3.05) is 20.1 Å². The fraction of sp³-hybridized carbons (Fsp3) is 0.464. The van der Waals surface area contributed by atoms with Crippen molar-refractivity contribution in [3.63, 3.8) is 0 Å². The van der Waals surface area contributed by atoms with Crippen LogP contribution < -0.4 is 14.8 Å². The predicted molar refractivity (Wildman–Crippen MR) is 137 cm³/mol. The number of aromatic carboxylic acids is 1. The number of carbonyl (C=O) groups excluding carboxylic acids is 2. The maximum Gasteiger partial charge on any atom is 0.413 e. The highest BCUT2D eigenvalue weighted by atomic mass is 16.6. The van der Waals surface area contributed by atoms with E-state index in [2.05, 4.69) is 30.3 Å². The number of nitrogens with one attached hydrogen (secondary N) is 1. The first-order valence-corrected chi connectivity index (χ1v) is 12.5. The Morgan fingerprint density at radius 1 is 1.08 bits per heavy atom. The van der Waals surface area contributed by atoms with Crippen molar-refractivity contribution in [3.05, 3.63) is 59.7 Å².